The van der Waals surface area contributed by atoms with Crippen molar-refractivity contribution in [1.29, 1.82) is 0 Å². The van der Waals surface area contributed by atoms with E-state index < -0.39 is 27.9 Å². The molecule has 2 amide bonds. The van der Waals surface area contributed by atoms with Crippen molar-refractivity contribution < 1.29 is 23.1 Å². The normalized spacial score (nSPS) is 22.7. The lowest BCUT2D eigenvalue weighted by Crippen LogP contribution is -2.48. The van der Waals surface area contributed by atoms with E-state index in [1.54, 1.807) is 6.92 Å². The van der Waals surface area contributed by atoms with E-state index in [4.69, 9.17) is 5.11 Å². The number of hydrogen-bond acceptors (Lipinski definition) is 4. The van der Waals surface area contributed by atoms with Gasteiger partial charge in [0.25, 0.3) is 0 Å². The van der Waals surface area contributed by atoms with Gasteiger partial charge in [0, 0.05) is 19.1 Å². The zero-order chi connectivity index (χ0) is 14.6. The largest absolute Gasteiger partial charge is 0.481 e. The number of nitrogens with one attached hydrogen (secondary N) is 1. The molecule has 0 radical (unpaired) electrons. The number of urea groups is 1. The monoisotopic (exact) mass is 292 g/mol. The quantitative estimate of drug-likeness (QED) is 0.746. The van der Waals surface area contributed by atoms with Crippen LogP contribution in [0.15, 0.2) is 0 Å². The molecule has 1 fully saturated rings. The van der Waals surface area contributed by atoms with Crippen molar-refractivity contribution in [3.05, 3.63) is 0 Å². The minimum absolute atomic E-state index is 0.0212. The zero-order valence-corrected chi connectivity index (χ0v) is 11.9. The van der Waals surface area contributed by atoms with Gasteiger partial charge in [0.15, 0.2) is 9.84 Å². The van der Waals surface area contributed by atoms with Crippen LogP contribution in [0.2, 0.25) is 0 Å². The lowest BCUT2D eigenvalue weighted by Gasteiger charge is -2.26. The lowest BCUT2D eigenvalue weighted by atomic mass is 10.1. The fraction of sp³-hybridized carbons (Fsp3) is 0.818. The van der Waals surface area contributed by atoms with Gasteiger partial charge in [-0.1, -0.05) is 6.92 Å². The summed E-state index contributed by atoms with van der Waals surface area (Å²) in [6.45, 7) is 1.79. The fourth-order valence-corrected chi connectivity index (χ4v) is 3.81. The number of carbonyl (C=O) groups is 2. The first-order valence-electron chi connectivity index (χ1n) is 6.20. The van der Waals surface area contributed by atoms with Crippen LogP contribution in [-0.2, 0) is 14.6 Å². The van der Waals surface area contributed by atoms with Crippen molar-refractivity contribution in [3.63, 3.8) is 0 Å². The molecule has 7 nitrogen and oxygen atoms in total. The molecule has 2 atom stereocenters. The number of carboxylic acid groups (broad SMARTS) is 1. The maximum Gasteiger partial charge on any atom is 0.317 e. The Bertz CT molecular complexity index is 448. The minimum Gasteiger partial charge on any atom is -0.481 e. The van der Waals surface area contributed by atoms with E-state index in [9.17, 15) is 18.0 Å². The van der Waals surface area contributed by atoms with Crippen LogP contribution in [0.25, 0.3) is 0 Å². The molecule has 1 saturated heterocycles. The van der Waals surface area contributed by atoms with Crippen molar-refractivity contribution in [1.82, 2.24) is 10.2 Å². The standard InChI is InChI=1S/C11H20N2O5S/c1-3-8(6-10(14)15)12-11(16)13(2)9-4-5-19(17,18)7-9/h8-9H,3-7H2,1-2H3,(H,12,16)(H,14,15). The van der Waals surface area contributed by atoms with Gasteiger partial charge < -0.3 is 15.3 Å². The van der Waals surface area contributed by atoms with Gasteiger partial charge in [-0.2, -0.15) is 0 Å². The van der Waals surface area contributed by atoms with E-state index >= 15 is 0 Å². The highest BCUT2D eigenvalue weighted by molar-refractivity contribution is 7.91. The van der Waals surface area contributed by atoms with Gasteiger partial charge in [0.2, 0.25) is 0 Å². The average molecular weight is 292 g/mol. The lowest BCUT2D eigenvalue weighted by molar-refractivity contribution is -0.137. The van der Waals surface area contributed by atoms with E-state index in [-0.39, 0.29) is 24.0 Å². The molecule has 0 saturated carbocycles. The molecule has 1 rings (SSSR count). The summed E-state index contributed by atoms with van der Waals surface area (Å²) in [7, 11) is -1.51. The predicted molar refractivity (Wildman–Crippen MR) is 69.7 cm³/mol. The minimum atomic E-state index is -3.04. The van der Waals surface area contributed by atoms with Crippen LogP contribution in [0.4, 0.5) is 4.79 Å². The van der Waals surface area contributed by atoms with Gasteiger partial charge in [-0.15, -0.1) is 0 Å². The Morgan fingerprint density at radius 1 is 1.47 bits per heavy atom. The highest BCUT2D eigenvalue weighted by atomic mass is 32.2. The first-order valence-corrected chi connectivity index (χ1v) is 8.03. The summed E-state index contributed by atoms with van der Waals surface area (Å²) in [5.41, 5.74) is 0. The molecule has 0 aromatic carbocycles. The van der Waals surface area contributed by atoms with Crippen LogP contribution in [0, 0.1) is 0 Å². The van der Waals surface area contributed by atoms with Crippen molar-refractivity contribution in [3.8, 4) is 0 Å². The number of amides is 2. The SMILES string of the molecule is CCC(CC(=O)O)NC(=O)N(C)C1CCS(=O)(=O)C1. The molecule has 2 N–H and O–H groups in total. The Balaban J connectivity index is 2.55. The van der Waals surface area contributed by atoms with Crippen LogP contribution in [0.1, 0.15) is 26.2 Å². The second-order valence-electron chi connectivity index (χ2n) is 4.82. The van der Waals surface area contributed by atoms with Gasteiger partial charge >= 0.3 is 12.0 Å². The van der Waals surface area contributed by atoms with Crippen LogP contribution in [-0.4, -0.2) is 61.1 Å². The Morgan fingerprint density at radius 2 is 2.11 bits per heavy atom. The summed E-state index contributed by atoms with van der Waals surface area (Å²) in [6, 6.07) is -1.19. The topological polar surface area (TPSA) is 104 Å². The van der Waals surface area contributed by atoms with Crippen LogP contribution < -0.4 is 5.32 Å². The second-order valence-corrected chi connectivity index (χ2v) is 7.05. The molecule has 1 heterocycles. The van der Waals surface area contributed by atoms with Gasteiger partial charge in [0.1, 0.15) is 0 Å². The number of carboxylic acids is 1. The molecular weight excluding hydrogens is 272 g/mol. The molecule has 2 unspecified atom stereocenters. The van der Waals surface area contributed by atoms with E-state index in [0.717, 1.165) is 0 Å². The summed E-state index contributed by atoms with van der Waals surface area (Å²) in [5.74, 6) is -0.896. The van der Waals surface area contributed by atoms with Crippen molar-refractivity contribution >= 4 is 21.8 Å². The van der Waals surface area contributed by atoms with Crippen molar-refractivity contribution in [2.24, 2.45) is 0 Å². The first kappa shape index (κ1) is 15.7. The number of nitrogens with zero attached hydrogens (tertiary/aromatic N) is 1. The highest BCUT2D eigenvalue weighted by Gasteiger charge is 2.33. The predicted octanol–water partition coefficient (Wildman–Crippen LogP) is 0.0682. The molecule has 0 aromatic rings. The van der Waals surface area contributed by atoms with E-state index in [2.05, 4.69) is 5.32 Å². The molecule has 1 aliphatic rings. The first-order chi connectivity index (χ1) is 8.75. The van der Waals surface area contributed by atoms with Crippen LogP contribution in [0.3, 0.4) is 0 Å². The van der Waals surface area contributed by atoms with E-state index in [0.29, 0.717) is 12.8 Å². The van der Waals surface area contributed by atoms with E-state index in [1.807, 2.05) is 0 Å². The Kier molecular flexibility index (Phi) is 5.16. The Labute approximate surface area is 112 Å². The third-order valence-corrected chi connectivity index (χ3v) is 5.07. The van der Waals surface area contributed by atoms with Gasteiger partial charge in [-0.25, -0.2) is 13.2 Å². The number of sulfone groups is 1. The van der Waals surface area contributed by atoms with Gasteiger partial charge in [0.05, 0.1) is 17.9 Å². The molecule has 0 bridgehead atoms. The maximum absolute atomic E-state index is 11.9. The van der Waals surface area contributed by atoms with Crippen LogP contribution >= 0.6 is 0 Å². The maximum atomic E-state index is 11.9. The summed E-state index contributed by atoms with van der Waals surface area (Å²) in [5, 5.41) is 11.3. The molecule has 8 heteroatoms. The number of hydrogen-bond donors (Lipinski definition) is 2. The Morgan fingerprint density at radius 3 is 2.53 bits per heavy atom. The smallest absolute Gasteiger partial charge is 0.317 e. The van der Waals surface area contributed by atoms with Gasteiger partial charge in [-0.05, 0) is 12.8 Å². The number of aliphatic carboxylic acids is 1. The van der Waals surface area contributed by atoms with Gasteiger partial charge in [-0.3, -0.25) is 4.79 Å². The van der Waals surface area contributed by atoms with Crippen molar-refractivity contribution in [2.75, 3.05) is 18.6 Å². The molecule has 0 spiro atoms. The summed E-state index contributed by atoms with van der Waals surface area (Å²) < 4.78 is 22.7. The summed E-state index contributed by atoms with van der Waals surface area (Å²) in [4.78, 5) is 23.9. The van der Waals surface area contributed by atoms with Crippen LogP contribution in [0.5, 0.6) is 0 Å². The highest BCUT2D eigenvalue weighted by Crippen LogP contribution is 2.16. The third-order valence-electron chi connectivity index (χ3n) is 3.32. The molecule has 19 heavy (non-hydrogen) atoms. The van der Waals surface area contributed by atoms with Crippen molar-refractivity contribution in [2.45, 2.75) is 38.3 Å². The summed E-state index contributed by atoms with van der Waals surface area (Å²) in [6.07, 6.45) is 0.801. The molecule has 110 valence electrons. The number of rotatable bonds is 5. The molecule has 0 aromatic heterocycles. The molecule has 1 aliphatic heterocycles. The second kappa shape index (κ2) is 6.23. The Hall–Kier alpha value is -1.31. The van der Waals surface area contributed by atoms with E-state index in [1.165, 1.54) is 11.9 Å². The third kappa shape index (κ3) is 4.70. The fourth-order valence-electron chi connectivity index (χ4n) is 2.03. The number of carbonyl (C=O) groups excluding carboxylic acids is 1. The summed E-state index contributed by atoms with van der Waals surface area (Å²) >= 11 is 0. The molecular formula is C11H20N2O5S. The molecule has 0 aliphatic carbocycles. The zero-order valence-electron chi connectivity index (χ0n) is 11.1. The average Bonchev–Trinajstić information content (AvgIpc) is 2.67.